The Hall–Kier alpha value is -2.48. The first-order valence-electron chi connectivity index (χ1n) is 9.18. The number of alkyl halides is 2. The van der Waals surface area contributed by atoms with Crippen LogP contribution in [0.15, 0.2) is 48.2 Å². The second-order valence-corrected chi connectivity index (χ2v) is 7.22. The van der Waals surface area contributed by atoms with Crippen LogP contribution < -0.4 is 10.1 Å². The van der Waals surface area contributed by atoms with Crippen LogP contribution in [0.2, 0.25) is 6.32 Å². The van der Waals surface area contributed by atoms with E-state index in [4.69, 9.17) is 10.1 Å². The van der Waals surface area contributed by atoms with Crippen LogP contribution in [-0.4, -0.2) is 47.8 Å². The van der Waals surface area contributed by atoms with Gasteiger partial charge in [-0.15, -0.1) is 0 Å². The summed E-state index contributed by atoms with van der Waals surface area (Å²) in [5, 5.41) is 21.3. The van der Waals surface area contributed by atoms with Crippen LogP contribution in [0.4, 0.5) is 20.3 Å². The average Bonchev–Trinajstić information content (AvgIpc) is 3.21. The van der Waals surface area contributed by atoms with E-state index in [9.17, 15) is 13.9 Å². The monoisotopic (exact) mass is 431 g/mol. The fourth-order valence-electron chi connectivity index (χ4n) is 2.91. The molecule has 0 spiro atoms. The first-order valence-corrected chi connectivity index (χ1v) is 9.76. The zero-order chi connectivity index (χ0) is 21.6. The van der Waals surface area contributed by atoms with E-state index < -0.39 is 5.85 Å². The van der Waals surface area contributed by atoms with Crippen LogP contribution >= 0.6 is 9.24 Å². The molecule has 0 fully saturated rings. The minimum absolute atomic E-state index is 0.0147. The maximum absolute atomic E-state index is 12.9. The number of ether oxygens (including phenoxy) is 2. The Labute approximate surface area is 175 Å². The Morgan fingerprint density at radius 1 is 1.37 bits per heavy atom. The van der Waals surface area contributed by atoms with Gasteiger partial charge in [-0.25, -0.2) is 0 Å². The van der Waals surface area contributed by atoms with Crippen molar-refractivity contribution in [2.75, 3.05) is 18.5 Å². The summed E-state index contributed by atoms with van der Waals surface area (Å²) in [6.45, 7) is 2.79. The number of hydrogen-bond acceptors (Lipinski definition) is 6. The number of aromatic nitrogens is 1. The second kappa shape index (κ2) is 10.0. The molecule has 2 aromatic rings. The molecule has 1 aliphatic heterocycles. The summed E-state index contributed by atoms with van der Waals surface area (Å²) in [4.78, 5) is 4.30. The van der Waals surface area contributed by atoms with Gasteiger partial charge in [0.15, 0.2) is 0 Å². The van der Waals surface area contributed by atoms with E-state index in [1.807, 2.05) is 19.0 Å². The molecule has 1 atom stereocenters. The molecule has 0 saturated carbocycles. The van der Waals surface area contributed by atoms with Crippen LogP contribution in [0.5, 0.6) is 5.75 Å². The second-order valence-electron chi connectivity index (χ2n) is 6.54. The molecule has 0 amide bonds. The zero-order valence-corrected chi connectivity index (χ0v) is 17.2. The van der Waals surface area contributed by atoms with E-state index in [0.29, 0.717) is 42.2 Å². The van der Waals surface area contributed by atoms with Crippen molar-refractivity contribution in [1.29, 1.82) is 5.41 Å². The van der Waals surface area contributed by atoms with Crippen LogP contribution in [0.3, 0.4) is 0 Å². The molecule has 0 radical (unpaired) electrons. The fourth-order valence-corrected chi connectivity index (χ4v) is 3.05. The third-order valence-electron chi connectivity index (χ3n) is 4.27. The van der Waals surface area contributed by atoms with E-state index in [0.717, 1.165) is 5.57 Å². The van der Waals surface area contributed by atoms with Crippen molar-refractivity contribution in [2.45, 2.75) is 18.8 Å². The molecule has 10 heteroatoms. The van der Waals surface area contributed by atoms with Gasteiger partial charge in [0.1, 0.15) is 0 Å². The van der Waals surface area contributed by atoms with Gasteiger partial charge in [-0.1, -0.05) is 0 Å². The summed E-state index contributed by atoms with van der Waals surface area (Å²) in [6, 6.07) is 7.60. The first kappa shape index (κ1) is 22.2. The van der Waals surface area contributed by atoms with Crippen molar-refractivity contribution in [2.24, 2.45) is 0 Å². The fraction of sp³-hybridized carbons (Fsp3) is 0.250. The van der Waals surface area contributed by atoms with E-state index in [1.165, 1.54) is 27.6 Å². The molecule has 3 rings (SSSR count). The van der Waals surface area contributed by atoms with Gasteiger partial charge in [0.05, 0.1) is 0 Å². The molecule has 3 N–H and O–H groups in total. The standard InChI is InChI=1S/C20H21BF2N3O3P/c22-20(23,30)29-16-3-1-15(2-4-16)26-19-18(14(11-27)5-7-25-19)17(24)10-21-9-13-6-8-28-12-13/h1-7,9,24,27H,8,10-12,30H2,(H,25,26). The number of aliphatic hydroxyl groups excluding tert-OH is 1. The number of benzene rings is 1. The topological polar surface area (TPSA) is 87.5 Å². The molecule has 6 nitrogen and oxygen atoms in total. The third kappa shape index (κ3) is 6.26. The van der Waals surface area contributed by atoms with Gasteiger partial charge >= 0.3 is 175 Å². The van der Waals surface area contributed by atoms with Gasteiger partial charge in [-0.05, 0) is 0 Å². The van der Waals surface area contributed by atoms with Crippen molar-refractivity contribution in [3.8, 4) is 5.75 Å². The summed E-state index contributed by atoms with van der Waals surface area (Å²) in [7, 11) is 1.32. The summed E-state index contributed by atoms with van der Waals surface area (Å²) in [5.74, 6) is -1.01. The van der Waals surface area contributed by atoms with Crippen molar-refractivity contribution < 1.29 is 23.4 Å². The van der Waals surface area contributed by atoms with E-state index in [-0.39, 0.29) is 18.1 Å². The molecule has 2 heterocycles. The number of halogens is 2. The van der Waals surface area contributed by atoms with Gasteiger partial charge < -0.3 is 0 Å². The SMILES string of the molecule is N=C(CB=CC1=CCOC1)c1c(CO)ccnc1Nc1ccc(OC(F)(F)P)cc1. The molecule has 30 heavy (non-hydrogen) atoms. The van der Waals surface area contributed by atoms with Crippen molar-refractivity contribution in [1.82, 2.24) is 4.98 Å². The minimum atomic E-state index is -3.34. The molecule has 1 aliphatic rings. The normalized spacial score (nSPS) is 13.8. The number of aliphatic hydroxyl groups is 1. The van der Waals surface area contributed by atoms with Gasteiger partial charge in [0.25, 0.3) is 0 Å². The Morgan fingerprint density at radius 3 is 2.77 bits per heavy atom. The number of hydrogen-bond donors (Lipinski definition) is 3. The molecular formula is C20H21BF2N3O3P. The average molecular weight is 431 g/mol. The van der Waals surface area contributed by atoms with Crippen molar-refractivity contribution in [3.63, 3.8) is 0 Å². The quantitative estimate of drug-likeness (QED) is 0.322. The summed E-state index contributed by atoms with van der Waals surface area (Å²) in [6.07, 6.45) is 3.87. The van der Waals surface area contributed by atoms with E-state index >= 15 is 0 Å². The number of nitrogens with zero attached hydrogens (tertiary/aromatic N) is 1. The first-order chi connectivity index (χ1) is 14.4. The van der Waals surface area contributed by atoms with Crippen LogP contribution in [0, 0.1) is 5.41 Å². The van der Waals surface area contributed by atoms with Gasteiger partial charge in [-0.3, -0.25) is 0 Å². The van der Waals surface area contributed by atoms with E-state index in [2.05, 4.69) is 15.0 Å². The molecule has 1 aromatic heterocycles. The number of anilines is 2. The van der Waals surface area contributed by atoms with Crippen molar-refractivity contribution in [3.05, 3.63) is 59.3 Å². The molecule has 0 aliphatic carbocycles. The molecule has 1 unspecified atom stereocenters. The summed E-state index contributed by atoms with van der Waals surface area (Å²) < 4.78 is 35.6. The summed E-state index contributed by atoms with van der Waals surface area (Å²) >= 11 is 0. The number of nitrogens with one attached hydrogen (secondary N) is 2. The molecular weight excluding hydrogens is 410 g/mol. The van der Waals surface area contributed by atoms with Crippen LogP contribution in [0.25, 0.3) is 0 Å². The Balaban J connectivity index is 1.77. The summed E-state index contributed by atoms with van der Waals surface area (Å²) in [5.41, 5.74) is 2.99. The molecule has 156 valence electrons. The Kier molecular flexibility index (Phi) is 7.42. The third-order valence-corrected chi connectivity index (χ3v) is 4.38. The van der Waals surface area contributed by atoms with Crippen LogP contribution in [0.1, 0.15) is 11.1 Å². The van der Waals surface area contributed by atoms with Gasteiger partial charge in [-0.2, -0.15) is 0 Å². The van der Waals surface area contributed by atoms with E-state index in [1.54, 1.807) is 18.2 Å². The number of pyridine rings is 1. The number of rotatable bonds is 9. The molecule has 0 saturated heterocycles. The molecule has 0 bridgehead atoms. The Morgan fingerprint density at radius 2 is 2.13 bits per heavy atom. The maximum atomic E-state index is 12.9. The predicted molar refractivity (Wildman–Crippen MR) is 118 cm³/mol. The Bertz CT molecular complexity index is 963. The van der Waals surface area contributed by atoms with Crippen LogP contribution in [-0.2, 0) is 11.3 Å². The van der Waals surface area contributed by atoms with Crippen molar-refractivity contribution >= 4 is 39.3 Å². The zero-order valence-electron chi connectivity index (χ0n) is 16.1. The molecule has 1 aromatic carbocycles. The van der Waals surface area contributed by atoms with Gasteiger partial charge in [0.2, 0.25) is 0 Å². The predicted octanol–water partition coefficient (Wildman–Crippen LogP) is 3.37. The van der Waals surface area contributed by atoms with Gasteiger partial charge in [0, 0.05) is 0 Å².